The minimum absolute atomic E-state index is 0.139. The van der Waals surface area contributed by atoms with Gasteiger partial charge in [0.25, 0.3) is 5.91 Å². The van der Waals surface area contributed by atoms with E-state index < -0.39 is 55.9 Å². The minimum Gasteiger partial charge on any atom is -0.496 e. The maximum atomic E-state index is 14.3. The quantitative estimate of drug-likeness (QED) is 0.332. The van der Waals surface area contributed by atoms with E-state index in [2.05, 4.69) is 10.0 Å². The highest BCUT2D eigenvalue weighted by Gasteiger charge is 2.63. The van der Waals surface area contributed by atoms with E-state index in [0.717, 1.165) is 24.8 Å². The molecule has 3 saturated carbocycles. The standard InChI is InChI=1S/C38H44FN5O7S/c1-22-30(50-4)14-13-27-31(22)40-32(23-10-9-12-25(39)18-23)41-34(27)51-26-19-28-29(20-26)35(46)44(3)17-8-6-5-7-11-24-21-38(24,42-33(28)45)36(47)43-52(48,49)37(2)15-16-37/h7,9-14,18,24,26,28-29H,5-6,8,15-17,19-21H2,1-4H3,(H,42,45)(H,43,47)/b11-7-. The number of halogens is 1. The predicted molar refractivity (Wildman–Crippen MR) is 191 cm³/mol. The first-order chi connectivity index (χ1) is 24.7. The SMILES string of the molecule is COc1ccc2c(OC3CC4C(=O)NC5(C(=O)NS(=O)(=O)C6(C)CC6)CC5/C=C\CCCCN(C)C(=O)C4C3)nc(-c3cccc(F)c3)nc2c1C. The number of aromatic nitrogens is 2. The van der Waals surface area contributed by atoms with Crippen molar-refractivity contribution in [3.05, 3.63) is 59.9 Å². The first kappa shape index (κ1) is 35.8. The number of ether oxygens (including phenoxy) is 2. The van der Waals surface area contributed by atoms with Gasteiger partial charge in [-0.05, 0) is 89.5 Å². The number of fused-ring (bicyclic) bond motifs is 3. The minimum atomic E-state index is -3.95. The second kappa shape index (κ2) is 13.4. The van der Waals surface area contributed by atoms with Crippen LogP contribution in [0.1, 0.15) is 63.9 Å². The Balaban J connectivity index is 1.21. The highest BCUT2D eigenvalue weighted by Crippen LogP contribution is 2.48. The predicted octanol–water partition coefficient (Wildman–Crippen LogP) is 4.60. The lowest BCUT2D eigenvalue weighted by atomic mass is 9.93. The maximum Gasteiger partial charge on any atom is 0.259 e. The number of rotatable bonds is 7. The van der Waals surface area contributed by atoms with Crippen LogP contribution in [0.2, 0.25) is 0 Å². The molecule has 2 heterocycles. The van der Waals surface area contributed by atoms with Crippen molar-refractivity contribution in [3.8, 4) is 23.0 Å². The number of nitrogens with one attached hydrogen (secondary N) is 2. The van der Waals surface area contributed by atoms with Gasteiger partial charge in [0.05, 0.1) is 34.6 Å². The van der Waals surface area contributed by atoms with Gasteiger partial charge in [-0.3, -0.25) is 19.1 Å². The third-order valence-electron chi connectivity index (χ3n) is 11.2. The van der Waals surface area contributed by atoms with Crippen LogP contribution in [0.3, 0.4) is 0 Å². The molecule has 2 N–H and O–H groups in total. The summed E-state index contributed by atoms with van der Waals surface area (Å²) in [7, 11) is -0.668. The molecule has 276 valence electrons. The summed E-state index contributed by atoms with van der Waals surface area (Å²) in [5, 5.41) is 3.51. The van der Waals surface area contributed by atoms with Crippen molar-refractivity contribution in [3.63, 3.8) is 0 Å². The summed E-state index contributed by atoms with van der Waals surface area (Å²) in [6, 6.07) is 9.49. The Labute approximate surface area is 302 Å². The Kier molecular flexibility index (Phi) is 9.25. The van der Waals surface area contributed by atoms with Crippen LogP contribution < -0.4 is 19.5 Å². The van der Waals surface area contributed by atoms with Crippen LogP contribution in [-0.2, 0) is 24.4 Å². The molecule has 0 spiro atoms. The normalized spacial score (nSPS) is 27.8. The van der Waals surface area contributed by atoms with E-state index in [1.54, 1.807) is 50.2 Å². The van der Waals surface area contributed by atoms with E-state index in [0.29, 0.717) is 41.6 Å². The second-order valence-corrected chi connectivity index (χ2v) is 17.1. The van der Waals surface area contributed by atoms with Crippen molar-refractivity contribution in [2.24, 2.45) is 17.8 Å². The first-order valence-corrected chi connectivity index (χ1v) is 19.3. The number of carbonyl (C=O) groups is 3. The molecule has 1 aromatic heterocycles. The van der Waals surface area contributed by atoms with Gasteiger partial charge in [-0.15, -0.1) is 0 Å². The summed E-state index contributed by atoms with van der Waals surface area (Å²) in [6.45, 7) is 3.97. The fourth-order valence-electron chi connectivity index (χ4n) is 7.50. The van der Waals surface area contributed by atoms with Gasteiger partial charge in [-0.25, -0.2) is 17.8 Å². The number of carbonyl (C=O) groups excluding carboxylic acids is 3. The molecule has 0 bridgehead atoms. The van der Waals surface area contributed by atoms with Gasteiger partial charge >= 0.3 is 0 Å². The van der Waals surface area contributed by atoms with E-state index in [9.17, 15) is 27.2 Å². The number of amides is 3. The van der Waals surface area contributed by atoms with Gasteiger partial charge in [0, 0.05) is 30.6 Å². The van der Waals surface area contributed by atoms with Crippen molar-refractivity contribution in [2.45, 2.75) is 81.6 Å². The zero-order valence-corrected chi connectivity index (χ0v) is 30.6. The van der Waals surface area contributed by atoms with Gasteiger partial charge in [0.2, 0.25) is 27.7 Å². The zero-order chi connectivity index (χ0) is 37.0. The van der Waals surface area contributed by atoms with Gasteiger partial charge < -0.3 is 19.7 Å². The van der Waals surface area contributed by atoms with Crippen molar-refractivity contribution < 1.29 is 36.7 Å². The lowest BCUT2D eigenvalue weighted by Crippen LogP contribution is -2.55. The fourth-order valence-corrected chi connectivity index (χ4v) is 8.81. The largest absolute Gasteiger partial charge is 0.496 e. The van der Waals surface area contributed by atoms with Crippen molar-refractivity contribution in [1.29, 1.82) is 0 Å². The van der Waals surface area contributed by atoms with Gasteiger partial charge in [-0.1, -0.05) is 24.3 Å². The highest BCUT2D eigenvalue weighted by molar-refractivity contribution is 7.91. The van der Waals surface area contributed by atoms with Crippen LogP contribution in [0.15, 0.2) is 48.6 Å². The number of nitrogens with zero attached hydrogens (tertiary/aromatic N) is 3. The van der Waals surface area contributed by atoms with Crippen LogP contribution in [-0.4, -0.2) is 78.1 Å². The van der Waals surface area contributed by atoms with E-state index in [-0.39, 0.29) is 42.8 Å². The summed E-state index contributed by atoms with van der Waals surface area (Å²) >= 11 is 0. The van der Waals surface area contributed by atoms with Crippen LogP contribution in [0.5, 0.6) is 11.6 Å². The van der Waals surface area contributed by atoms with Crippen molar-refractivity contribution >= 4 is 38.6 Å². The van der Waals surface area contributed by atoms with E-state index in [1.807, 2.05) is 19.1 Å². The molecule has 3 fully saturated rings. The Bertz CT molecular complexity index is 2090. The van der Waals surface area contributed by atoms with Crippen LogP contribution in [0, 0.1) is 30.5 Å². The third kappa shape index (κ3) is 6.61. The number of allylic oxidation sites excluding steroid dienone is 1. The molecule has 5 unspecified atom stereocenters. The van der Waals surface area contributed by atoms with Crippen molar-refractivity contribution in [1.82, 2.24) is 24.9 Å². The summed E-state index contributed by atoms with van der Waals surface area (Å²) in [6.07, 6.45) is 7.00. The molecule has 52 heavy (non-hydrogen) atoms. The molecule has 5 atom stereocenters. The summed E-state index contributed by atoms with van der Waals surface area (Å²) in [5.41, 5.74) is 0.270. The van der Waals surface area contributed by atoms with Gasteiger partial charge in [0.15, 0.2) is 5.82 Å². The Hall–Kier alpha value is -4.59. The molecule has 12 nitrogen and oxygen atoms in total. The molecule has 7 rings (SSSR count). The molecule has 3 amide bonds. The zero-order valence-electron chi connectivity index (χ0n) is 29.8. The number of benzene rings is 2. The lowest BCUT2D eigenvalue weighted by molar-refractivity contribution is -0.140. The Morgan fingerprint density at radius 3 is 2.60 bits per heavy atom. The van der Waals surface area contributed by atoms with E-state index >= 15 is 0 Å². The molecule has 0 saturated heterocycles. The number of hydrogen-bond donors (Lipinski definition) is 2. The first-order valence-electron chi connectivity index (χ1n) is 17.8. The average Bonchev–Trinajstić information content (AvgIpc) is 3.99. The second-order valence-electron chi connectivity index (χ2n) is 14.9. The molecule has 3 aliphatic carbocycles. The molecule has 14 heteroatoms. The smallest absolute Gasteiger partial charge is 0.259 e. The molecule has 4 aliphatic rings. The molecule has 2 aromatic carbocycles. The van der Waals surface area contributed by atoms with E-state index in [4.69, 9.17) is 19.4 Å². The average molecular weight is 734 g/mol. The Morgan fingerprint density at radius 2 is 1.87 bits per heavy atom. The summed E-state index contributed by atoms with van der Waals surface area (Å²) in [4.78, 5) is 53.1. The van der Waals surface area contributed by atoms with Crippen LogP contribution in [0.4, 0.5) is 4.39 Å². The molecule has 3 aromatic rings. The highest BCUT2D eigenvalue weighted by atomic mass is 32.2. The van der Waals surface area contributed by atoms with Crippen LogP contribution in [0.25, 0.3) is 22.3 Å². The van der Waals surface area contributed by atoms with E-state index in [1.165, 1.54) is 12.1 Å². The van der Waals surface area contributed by atoms with Crippen molar-refractivity contribution in [2.75, 3.05) is 20.7 Å². The number of aryl methyl sites for hydroxylation is 1. The van der Waals surface area contributed by atoms with Gasteiger partial charge in [0.1, 0.15) is 23.2 Å². The monoisotopic (exact) mass is 733 g/mol. The van der Waals surface area contributed by atoms with Crippen LogP contribution >= 0.6 is 0 Å². The third-order valence-corrected chi connectivity index (χ3v) is 13.4. The topological polar surface area (TPSA) is 157 Å². The number of sulfonamides is 1. The lowest BCUT2D eigenvalue weighted by Gasteiger charge is -2.27. The fraction of sp³-hybridized carbons (Fsp3) is 0.500. The molecule has 0 radical (unpaired) electrons. The molecular weight excluding hydrogens is 690 g/mol. The summed E-state index contributed by atoms with van der Waals surface area (Å²) in [5.74, 6) is -2.89. The number of methoxy groups -OCH3 is 1. The molecular formula is C38H44FN5O7S. The summed E-state index contributed by atoms with van der Waals surface area (Å²) < 4.78 is 53.8. The maximum absolute atomic E-state index is 14.3. The molecule has 1 aliphatic heterocycles. The Morgan fingerprint density at radius 1 is 1.10 bits per heavy atom. The van der Waals surface area contributed by atoms with Gasteiger partial charge in [-0.2, -0.15) is 4.98 Å². The number of hydrogen-bond acceptors (Lipinski definition) is 9.